The van der Waals surface area contributed by atoms with E-state index in [0.29, 0.717) is 17.9 Å². The van der Waals surface area contributed by atoms with E-state index in [4.69, 9.17) is 9.97 Å². The minimum absolute atomic E-state index is 0.452. The van der Waals surface area contributed by atoms with E-state index in [1.54, 1.807) is 0 Å². The van der Waals surface area contributed by atoms with Crippen molar-refractivity contribution in [2.75, 3.05) is 23.3 Å². The average Bonchev–Trinajstić information content (AvgIpc) is 3.26. The van der Waals surface area contributed by atoms with Crippen LogP contribution in [0.3, 0.4) is 0 Å². The van der Waals surface area contributed by atoms with Crippen LogP contribution in [0.25, 0.3) is 0 Å². The van der Waals surface area contributed by atoms with Crippen LogP contribution < -0.4 is 10.2 Å². The number of rotatable bonds is 8. The molecule has 0 atom stereocenters. The van der Waals surface area contributed by atoms with E-state index in [2.05, 4.69) is 50.9 Å². The van der Waals surface area contributed by atoms with Crippen LogP contribution in [0.1, 0.15) is 65.6 Å². The summed E-state index contributed by atoms with van der Waals surface area (Å²) < 4.78 is 0. The summed E-state index contributed by atoms with van der Waals surface area (Å²) in [5.41, 5.74) is 0. The van der Waals surface area contributed by atoms with E-state index in [9.17, 15) is 0 Å². The zero-order chi connectivity index (χ0) is 15.4. The van der Waals surface area contributed by atoms with Crippen LogP contribution in [0.15, 0.2) is 6.07 Å². The number of aromatic nitrogens is 2. The van der Waals surface area contributed by atoms with Crippen molar-refractivity contribution in [3.63, 3.8) is 0 Å². The Labute approximate surface area is 129 Å². The van der Waals surface area contributed by atoms with E-state index >= 15 is 0 Å². The highest BCUT2D eigenvalue weighted by atomic mass is 15.2. The third-order valence-electron chi connectivity index (χ3n) is 3.71. The number of nitrogens with one attached hydrogen (secondary N) is 1. The maximum atomic E-state index is 4.85. The second-order valence-electron chi connectivity index (χ2n) is 6.81. The van der Waals surface area contributed by atoms with Gasteiger partial charge in [0.1, 0.15) is 17.5 Å². The first-order chi connectivity index (χ1) is 10.0. The summed E-state index contributed by atoms with van der Waals surface area (Å²) in [4.78, 5) is 12.0. The number of anilines is 2. The van der Waals surface area contributed by atoms with Crippen molar-refractivity contribution in [3.05, 3.63) is 11.9 Å². The van der Waals surface area contributed by atoms with Gasteiger partial charge in [-0.15, -0.1) is 0 Å². The number of hydrogen-bond acceptors (Lipinski definition) is 4. The molecule has 0 radical (unpaired) electrons. The highest BCUT2D eigenvalue weighted by molar-refractivity contribution is 5.50. The first-order valence-electron chi connectivity index (χ1n) is 8.40. The molecule has 2 rings (SSSR count). The largest absolute Gasteiger partial charge is 0.370 e. The lowest BCUT2D eigenvalue weighted by atomic mass is 10.2. The van der Waals surface area contributed by atoms with Gasteiger partial charge in [0, 0.05) is 31.1 Å². The van der Waals surface area contributed by atoms with E-state index in [0.717, 1.165) is 37.0 Å². The van der Waals surface area contributed by atoms with Crippen LogP contribution >= 0.6 is 0 Å². The standard InChI is InChI=1S/C17H30N4/c1-6-9-18-15-10-16(20-17(19-15)14-7-8-14)21(13(4)5)11-12(2)3/h10,12-14H,6-9,11H2,1-5H3,(H,18,19,20). The lowest BCUT2D eigenvalue weighted by Crippen LogP contribution is -2.35. The Balaban J connectivity index is 2.28. The maximum Gasteiger partial charge on any atom is 0.136 e. The van der Waals surface area contributed by atoms with Gasteiger partial charge in [0.15, 0.2) is 0 Å². The topological polar surface area (TPSA) is 41.0 Å². The summed E-state index contributed by atoms with van der Waals surface area (Å²) in [6.45, 7) is 13.2. The van der Waals surface area contributed by atoms with Crippen LogP contribution in [0, 0.1) is 5.92 Å². The summed E-state index contributed by atoms with van der Waals surface area (Å²) in [6.07, 6.45) is 3.59. The summed E-state index contributed by atoms with van der Waals surface area (Å²) >= 11 is 0. The van der Waals surface area contributed by atoms with Gasteiger partial charge >= 0.3 is 0 Å². The van der Waals surface area contributed by atoms with Gasteiger partial charge in [-0.05, 0) is 39.0 Å². The maximum absolute atomic E-state index is 4.85. The molecule has 0 bridgehead atoms. The van der Waals surface area contributed by atoms with Gasteiger partial charge < -0.3 is 10.2 Å². The monoisotopic (exact) mass is 290 g/mol. The molecule has 0 spiro atoms. The van der Waals surface area contributed by atoms with Gasteiger partial charge in [-0.1, -0.05) is 20.8 Å². The lowest BCUT2D eigenvalue weighted by molar-refractivity contribution is 0.564. The molecule has 0 amide bonds. The van der Waals surface area contributed by atoms with Crippen molar-refractivity contribution < 1.29 is 0 Å². The first kappa shape index (κ1) is 16.1. The van der Waals surface area contributed by atoms with E-state index in [1.807, 2.05) is 0 Å². The molecular weight excluding hydrogens is 260 g/mol. The minimum Gasteiger partial charge on any atom is -0.370 e. The fourth-order valence-corrected chi connectivity index (χ4v) is 2.43. The van der Waals surface area contributed by atoms with Crippen molar-refractivity contribution in [2.24, 2.45) is 5.92 Å². The predicted molar refractivity (Wildman–Crippen MR) is 90.1 cm³/mol. The quantitative estimate of drug-likeness (QED) is 0.784. The highest BCUT2D eigenvalue weighted by Gasteiger charge is 2.28. The number of hydrogen-bond donors (Lipinski definition) is 1. The molecule has 1 saturated carbocycles. The Morgan fingerprint density at radius 3 is 2.48 bits per heavy atom. The summed E-state index contributed by atoms with van der Waals surface area (Å²) in [5.74, 6) is 4.30. The predicted octanol–water partition coefficient (Wildman–Crippen LogP) is 4.05. The number of nitrogens with zero attached hydrogens (tertiary/aromatic N) is 3. The normalized spacial score (nSPS) is 14.8. The SMILES string of the molecule is CCCNc1cc(N(CC(C)C)C(C)C)nc(C2CC2)n1. The summed E-state index contributed by atoms with van der Waals surface area (Å²) in [5, 5.41) is 3.43. The van der Waals surface area contributed by atoms with Crippen molar-refractivity contribution in [2.45, 2.75) is 65.8 Å². The van der Waals surface area contributed by atoms with E-state index < -0.39 is 0 Å². The summed E-state index contributed by atoms with van der Waals surface area (Å²) in [7, 11) is 0. The average molecular weight is 290 g/mol. The van der Waals surface area contributed by atoms with Gasteiger partial charge in [0.05, 0.1) is 0 Å². The smallest absolute Gasteiger partial charge is 0.136 e. The second kappa shape index (κ2) is 7.10. The molecule has 4 heteroatoms. The highest BCUT2D eigenvalue weighted by Crippen LogP contribution is 2.39. The van der Waals surface area contributed by atoms with Crippen molar-refractivity contribution in [1.29, 1.82) is 0 Å². The molecule has 1 N–H and O–H groups in total. The van der Waals surface area contributed by atoms with Crippen LogP contribution in [-0.2, 0) is 0 Å². The zero-order valence-corrected chi connectivity index (χ0v) is 14.2. The van der Waals surface area contributed by atoms with E-state index in [-0.39, 0.29) is 0 Å². The van der Waals surface area contributed by atoms with Crippen molar-refractivity contribution in [1.82, 2.24) is 9.97 Å². The van der Waals surface area contributed by atoms with Crippen LogP contribution in [0.5, 0.6) is 0 Å². The molecule has 1 heterocycles. The Morgan fingerprint density at radius 1 is 1.24 bits per heavy atom. The zero-order valence-electron chi connectivity index (χ0n) is 14.2. The van der Waals surface area contributed by atoms with Crippen LogP contribution in [0.2, 0.25) is 0 Å². The van der Waals surface area contributed by atoms with Crippen molar-refractivity contribution in [3.8, 4) is 0 Å². The fourth-order valence-electron chi connectivity index (χ4n) is 2.43. The Morgan fingerprint density at radius 2 is 1.95 bits per heavy atom. The molecule has 1 aromatic rings. The molecule has 1 aliphatic rings. The molecule has 4 nitrogen and oxygen atoms in total. The van der Waals surface area contributed by atoms with Crippen molar-refractivity contribution >= 4 is 11.6 Å². The molecule has 118 valence electrons. The Kier molecular flexibility index (Phi) is 5.43. The molecule has 0 aliphatic heterocycles. The molecule has 0 aromatic carbocycles. The minimum atomic E-state index is 0.452. The fraction of sp³-hybridized carbons (Fsp3) is 0.765. The Bertz CT molecular complexity index is 452. The molecule has 0 unspecified atom stereocenters. The second-order valence-corrected chi connectivity index (χ2v) is 6.81. The van der Waals surface area contributed by atoms with Gasteiger partial charge in [0.25, 0.3) is 0 Å². The van der Waals surface area contributed by atoms with Gasteiger partial charge in [-0.25, -0.2) is 9.97 Å². The van der Waals surface area contributed by atoms with Crippen LogP contribution in [-0.4, -0.2) is 29.1 Å². The lowest BCUT2D eigenvalue weighted by Gasteiger charge is -2.30. The molecule has 0 saturated heterocycles. The van der Waals surface area contributed by atoms with Gasteiger partial charge in [-0.3, -0.25) is 0 Å². The molecule has 1 aliphatic carbocycles. The van der Waals surface area contributed by atoms with Gasteiger partial charge in [-0.2, -0.15) is 0 Å². The molecular formula is C17H30N4. The third kappa shape index (κ3) is 4.58. The first-order valence-corrected chi connectivity index (χ1v) is 8.40. The van der Waals surface area contributed by atoms with E-state index in [1.165, 1.54) is 12.8 Å². The molecule has 1 fully saturated rings. The van der Waals surface area contributed by atoms with Gasteiger partial charge in [0.2, 0.25) is 0 Å². The Hall–Kier alpha value is -1.32. The van der Waals surface area contributed by atoms with Crippen LogP contribution in [0.4, 0.5) is 11.6 Å². The molecule has 1 aromatic heterocycles. The third-order valence-corrected chi connectivity index (χ3v) is 3.71. The summed E-state index contributed by atoms with van der Waals surface area (Å²) in [6, 6.07) is 2.57. The molecule has 21 heavy (non-hydrogen) atoms.